The van der Waals surface area contributed by atoms with Crippen LogP contribution in [0.15, 0.2) is 54.0 Å². The van der Waals surface area contributed by atoms with Gasteiger partial charge in [0, 0.05) is 24.2 Å². The average Bonchev–Trinajstić information content (AvgIpc) is 3.48. The van der Waals surface area contributed by atoms with E-state index in [0.717, 1.165) is 18.4 Å². The summed E-state index contributed by atoms with van der Waals surface area (Å²) in [5.41, 5.74) is 1.84. The van der Waals surface area contributed by atoms with Gasteiger partial charge in [0.05, 0.1) is 6.04 Å². The van der Waals surface area contributed by atoms with Crippen molar-refractivity contribution < 1.29 is 19.2 Å². The number of thiazole rings is 1. The molecule has 3 atom stereocenters. The number of nitrogens with zero attached hydrogens (tertiary/aromatic N) is 2. The molecule has 0 radical (unpaired) electrons. The van der Waals surface area contributed by atoms with E-state index in [1.807, 2.05) is 54.1 Å². The molecule has 1 fully saturated rings. The van der Waals surface area contributed by atoms with Crippen molar-refractivity contribution in [2.45, 2.75) is 76.0 Å². The Hall–Kier alpha value is -3.99. The number of hydrogen-bond donors (Lipinski definition) is 4. The Labute approximate surface area is 243 Å². The molecule has 5 rings (SSSR count). The Morgan fingerprint density at radius 3 is 2.54 bits per heavy atom. The highest BCUT2D eigenvalue weighted by atomic mass is 32.1. The Balaban J connectivity index is 1.36. The summed E-state index contributed by atoms with van der Waals surface area (Å²) in [6.45, 7) is 2.25. The molecule has 1 aliphatic carbocycles. The van der Waals surface area contributed by atoms with Gasteiger partial charge in [-0.25, -0.2) is 4.98 Å². The van der Waals surface area contributed by atoms with E-state index in [9.17, 15) is 19.2 Å². The number of rotatable bonds is 6. The van der Waals surface area contributed by atoms with Crippen molar-refractivity contribution in [3.05, 3.63) is 76.0 Å². The van der Waals surface area contributed by atoms with E-state index in [4.69, 9.17) is 0 Å². The van der Waals surface area contributed by atoms with Gasteiger partial charge in [-0.05, 0) is 62.6 Å². The third-order valence-electron chi connectivity index (χ3n) is 7.47. The Kier molecular flexibility index (Phi) is 9.13. The van der Waals surface area contributed by atoms with Crippen molar-refractivity contribution >= 4 is 35.0 Å². The number of carbonyl (C=O) groups is 4. The predicted octanol–water partition coefficient (Wildman–Crippen LogP) is 3.29. The topological polar surface area (TPSA) is 134 Å². The summed E-state index contributed by atoms with van der Waals surface area (Å²) < 4.78 is 1.96. The molecule has 4 amide bonds. The van der Waals surface area contributed by atoms with Crippen molar-refractivity contribution in [3.63, 3.8) is 0 Å². The van der Waals surface area contributed by atoms with Crippen molar-refractivity contribution in [2.75, 3.05) is 6.54 Å². The van der Waals surface area contributed by atoms with Gasteiger partial charge >= 0.3 is 0 Å². The summed E-state index contributed by atoms with van der Waals surface area (Å²) in [5, 5.41) is 14.1. The number of fused-ring (bicyclic) bond motifs is 2. The Morgan fingerprint density at radius 2 is 1.78 bits per heavy atom. The normalized spacial score (nSPS) is 22.4. The van der Waals surface area contributed by atoms with Gasteiger partial charge in [0.25, 0.3) is 11.8 Å². The van der Waals surface area contributed by atoms with Crippen LogP contribution in [0.2, 0.25) is 0 Å². The summed E-state index contributed by atoms with van der Waals surface area (Å²) in [6, 6.07) is 11.5. The molecule has 10 nitrogen and oxygen atoms in total. The first-order chi connectivity index (χ1) is 19.9. The van der Waals surface area contributed by atoms with Gasteiger partial charge in [0.1, 0.15) is 28.5 Å². The third kappa shape index (κ3) is 7.21. The fourth-order valence-corrected chi connectivity index (χ4v) is 5.87. The van der Waals surface area contributed by atoms with Crippen molar-refractivity contribution in [3.8, 4) is 0 Å². The quantitative estimate of drug-likeness (QED) is 0.357. The number of carbonyl (C=O) groups excluding carboxylic acids is 4. The van der Waals surface area contributed by atoms with Crippen LogP contribution in [-0.4, -0.2) is 51.8 Å². The molecule has 0 unspecified atom stereocenters. The number of aromatic nitrogens is 2. The van der Waals surface area contributed by atoms with Crippen molar-refractivity contribution in [2.24, 2.45) is 0 Å². The zero-order chi connectivity index (χ0) is 28.8. The van der Waals surface area contributed by atoms with Gasteiger partial charge < -0.3 is 25.8 Å². The van der Waals surface area contributed by atoms with Crippen LogP contribution in [0, 0.1) is 0 Å². The van der Waals surface area contributed by atoms with Crippen LogP contribution in [-0.2, 0) is 16.0 Å². The van der Waals surface area contributed by atoms with Gasteiger partial charge in [-0.1, -0.05) is 37.3 Å². The number of nitrogens with one attached hydrogen (secondary N) is 4. The van der Waals surface area contributed by atoms with Gasteiger partial charge in [0.15, 0.2) is 0 Å². The molecule has 1 aromatic carbocycles. The molecule has 2 aromatic heterocycles. The van der Waals surface area contributed by atoms with Crippen molar-refractivity contribution in [1.29, 1.82) is 0 Å². The third-order valence-corrected chi connectivity index (χ3v) is 8.43. The molecule has 3 aromatic rings. The van der Waals surface area contributed by atoms with Crippen LogP contribution in [0.25, 0.3) is 0 Å². The summed E-state index contributed by atoms with van der Waals surface area (Å²) in [5.74, 6) is -1.34. The molecular weight excluding hydrogens is 540 g/mol. The second-order valence-corrected chi connectivity index (χ2v) is 11.5. The van der Waals surface area contributed by atoms with Crippen LogP contribution in [0.3, 0.4) is 0 Å². The zero-order valence-electron chi connectivity index (χ0n) is 23.1. The number of benzene rings is 1. The molecule has 0 spiro atoms. The van der Waals surface area contributed by atoms with Crippen LogP contribution >= 0.6 is 11.3 Å². The van der Waals surface area contributed by atoms with Gasteiger partial charge in [-0.15, -0.1) is 11.3 Å². The standard InChI is InChI=1S/C30H36N6O4S/c1-2-21-27(38)34-23(17-19-9-4-3-5-10-19)30-35-24(18-41-30)26(37)31-15-7-6-11-22(28(39)32-21)33-29(40)25-12-8-16-36(25)20-13-14-20/h3-5,8-10,12,16,18,20-23H,2,6-7,11,13-15,17H2,1H3,(H,31,37)(H,32,39)(H,33,40)(H,34,38)/t21-,22+,23+/m1/s1. The molecular formula is C30H36N6O4S. The maximum atomic E-state index is 13.5. The predicted molar refractivity (Wildman–Crippen MR) is 156 cm³/mol. The maximum absolute atomic E-state index is 13.5. The highest BCUT2D eigenvalue weighted by Gasteiger charge is 2.31. The minimum absolute atomic E-state index is 0.278. The first-order valence-corrected chi connectivity index (χ1v) is 15.2. The maximum Gasteiger partial charge on any atom is 0.270 e. The smallest absolute Gasteiger partial charge is 0.270 e. The van der Waals surface area contributed by atoms with Gasteiger partial charge in [-0.2, -0.15) is 0 Å². The molecule has 216 valence electrons. The summed E-state index contributed by atoms with van der Waals surface area (Å²) in [6.07, 6.45) is 6.38. The van der Waals surface area contributed by atoms with Crippen LogP contribution in [0.4, 0.5) is 0 Å². The van der Waals surface area contributed by atoms with E-state index in [2.05, 4.69) is 26.3 Å². The lowest BCUT2D eigenvalue weighted by atomic mass is 10.0. The minimum atomic E-state index is -0.825. The number of hydrogen-bond acceptors (Lipinski definition) is 6. The van der Waals surface area contributed by atoms with E-state index in [1.165, 1.54) is 11.3 Å². The molecule has 11 heteroatoms. The molecule has 41 heavy (non-hydrogen) atoms. The molecule has 0 saturated heterocycles. The second kappa shape index (κ2) is 13.1. The molecule has 1 aliphatic heterocycles. The average molecular weight is 577 g/mol. The SMILES string of the molecule is CC[C@H]1NC(=O)[C@@H](NC(=O)c2cccn2C2CC2)CCCCNC(=O)c2csc(n2)[C@H](Cc2ccccc2)NC1=O. The molecule has 3 heterocycles. The Morgan fingerprint density at radius 1 is 1.00 bits per heavy atom. The summed E-state index contributed by atoms with van der Waals surface area (Å²) in [4.78, 5) is 57.5. The van der Waals surface area contributed by atoms with E-state index >= 15 is 0 Å². The highest BCUT2D eigenvalue weighted by molar-refractivity contribution is 7.09. The largest absolute Gasteiger partial charge is 0.351 e. The lowest BCUT2D eigenvalue weighted by molar-refractivity contribution is -0.130. The molecule has 4 N–H and O–H groups in total. The van der Waals surface area contributed by atoms with Crippen molar-refractivity contribution in [1.82, 2.24) is 30.8 Å². The second-order valence-electron chi connectivity index (χ2n) is 10.6. The lowest BCUT2D eigenvalue weighted by Gasteiger charge is -2.25. The van der Waals surface area contributed by atoms with E-state index < -0.39 is 24.0 Å². The Bertz CT molecular complexity index is 1380. The van der Waals surface area contributed by atoms with Gasteiger partial charge in [-0.3, -0.25) is 19.2 Å². The van der Waals surface area contributed by atoms with Gasteiger partial charge in [0.2, 0.25) is 11.8 Å². The van der Waals surface area contributed by atoms with Crippen LogP contribution in [0.1, 0.15) is 89.1 Å². The lowest BCUT2D eigenvalue weighted by Crippen LogP contribution is -2.54. The van der Waals surface area contributed by atoms with Crippen LogP contribution < -0.4 is 21.3 Å². The summed E-state index contributed by atoms with van der Waals surface area (Å²) >= 11 is 1.32. The fraction of sp³-hybridized carbons (Fsp3) is 0.433. The highest BCUT2D eigenvalue weighted by Crippen LogP contribution is 2.36. The molecule has 1 saturated carbocycles. The molecule has 2 bridgehead atoms. The van der Waals surface area contributed by atoms with Crippen LogP contribution in [0.5, 0.6) is 0 Å². The van der Waals surface area contributed by atoms with E-state index in [-0.39, 0.29) is 17.7 Å². The number of amides is 4. The molecule has 2 aliphatic rings. The first-order valence-electron chi connectivity index (χ1n) is 14.3. The zero-order valence-corrected chi connectivity index (χ0v) is 23.9. The first kappa shape index (κ1) is 28.5. The monoisotopic (exact) mass is 576 g/mol. The fourth-order valence-electron chi connectivity index (χ4n) is 5.02. The summed E-state index contributed by atoms with van der Waals surface area (Å²) in [7, 11) is 0. The van der Waals surface area contributed by atoms with E-state index in [1.54, 1.807) is 11.4 Å². The minimum Gasteiger partial charge on any atom is -0.351 e. The van der Waals surface area contributed by atoms with E-state index in [0.29, 0.717) is 61.1 Å².